The molecule has 14 aliphatic rings. The standard InChI is InChI=1S/C15H17F2NO2.C14H16F2N2O2.C13H15F2NO2.C13H17F2NO2.C8H11NO3.C7H10FNO2.C7H11NO3.C5H8O/c1-10-18-15(9-16,11-4-2-3-5-13(11)17)12-8-19-7-6-14(12)20-10;15-8-14(9-3-1-2-4-11(9)16)10-7-19-6-5-12(10)20-13(17)18-14;14-8-13(9-3-1-2-4-11(9)15)10-7-17-6-5-12(10)18-16-13;14-8-13(16,9-3-1-2-4-11(9)15)10-7-18-6-5-12(10)17;1-5(10)8-6-4-11-3-2-7(6)12-9-8;8-3-6-5-4-10-2-1-7(5)11-9-6;9-3-6-5-4-10-2-1-7(5)11-8-6;1-2-4-6-5-3-1/h2-5,12,14H,6-9H2,1H3;1-4,10,12H,5-8H2,(H2,17,18);1-4,10,12,16H,5-8H2;1-4,10,12,17H,5-8,16H2;6-7H,2-4H2,1H3;5,7H,1-4H2;5,7,9H,1-4H2;1-2H,3-5H2/t12-,14+,15+;10-,12+,14+;2*10-,12+,13+;6-,7+;2*5-,7-;/m0000011./s1. The van der Waals surface area contributed by atoms with Crippen molar-refractivity contribution in [1.82, 2.24) is 5.48 Å². The van der Waals surface area contributed by atoms with Crippen LogP contribution >= 0.6 is 0 Å². The molecule has 8 fully saturated rings. The number of halogens is 9. The number of ether oxygens (including phenoxy) is 10. The summed E-state index contributed by atoms with van der Waals surface area (Å²) in [7, 11) is 0. The number of hydrogen-bond donors (Lipinski definition) is 5. The highest BCUT2D eigenvalue weighted by atomic mass is 19.2. The van der Waals surface area contributed by atoms with E-state index in [1.54, 1.807) is 67.6 Å². The Balaban J connectivity index is 0.000000133. The van der Waals surface area contributed by atoms with E-state index in [0.29, 0.717) is 121 Å². The highest BCUT2D eigenvalue weighted by Gasteiger charge is 2.56. The zero-order valence-electron chi connectivity index (χ0n) is 65.0. The maximum atomic E-state index is 14.2. The lowest BCUT2D eigenvalue weighted by Crippen LogP contribution is -2.55. The summed E-state index contributed by atoms with van der Waals surface area (Å²) in [5, 5.41) is 30.0. The molecule has 0 saturated carbocycles. The first-order chi connectivity index (χ1) is 56.3. The van der Waals surface area contributed by atoms with Gasteiger partial charge in [0.2, 0.25) is 0 Å². The SMILES string of the molecule is C1=CCOCC1.CC(=O)C1=NO[C@@H]2CCOC[C@H]12.CC1=N[C@](CF)(c2ccccc2F)[C@H]2COCC[C@H]2O1.FCC1=NO[C@@H]2CCOC[C@H]12.FC[C@]1(c2ccccc2F)NO[C@@H]2CCOC[C@@H]21.NC1=N[C@](CF)(c2ccccc2F)[C@H]2COCC[C@H]2O1.N[C@](CF)(c1ccccc1F)[C@H]1COCC[C@H]1O.OCC1=NO[C@@H]2CCOC[C@H]12. The quantitative estimate of drug-likeness (QED) is 0.0651. The smallest absolute Gasteiger partial charge is 0.283 e. The second-order valence-electron chi connectivity index (χ2n) is 30.1. The van der Waals surface area contributed by atoms with Gasteiger partial charge in [0.15, 0.2) is 11.7 Å². The monoisotopic (exact) mass is 1640 g/mol. The molecule has 34 heteroatoms. The van der Waals surface area contributed by atoms with E-state index in [4.69, 9.17) is 83.3 Å². The third kappa shape index (κ3) is 20.8. The molecule has 18 atom stereocenters. The highest BCUT2D eigenvalue weighted by molar-refractivity contribution is 6.40. The van der Waals surface area contributed by atoms with Gasteiger partial charge in [-0.3, -0.25) is 9.63 Å². The van der Waals surface area contributed by atoms with E-state index in [-0.39, 0.29) is 120 Å². The van der Waals surface area contributed by atoms with Gasteiger partial charge in [0, 0.05) is 93.3 Å². The number of carbonyl (C=O) groups is 1. The van der Waals surface area contributed by atoms with Gasteiger partial charge in [-0.2, -0.15) is 5.48 Å². The highest BCUT2D eigenvalue weighted by Crippen LogP contribution is 2.47. The van der Waals surface area contributed by atoms with E-state index in [9.17, 15) is 49.4 Å². The molecule has 0 radical (unpaired) electrons. The Morgan fingerprint density at radius 3 is 1.47 bits per heavy atom. The average molecular weight is 1650 g/mol. The van der Waals surface area contributed by atoms with Crippen molar-refractivity contribution in [3.63, 3.8) is 0 Å². The summed E-state index contributed by atoms with van der Waals surface area (Å²) in [4.78, 5) is 40.2. The van der Waals surface area contributed by atoms with Crippen LogP contribution in [0.1, 0.15) is 87.5 Å². The zero-order valence-corrected chi connectivity index (χ0v) is 65.0. The number of alkyl halides is 5. The van der Waals surface area contributed by atoms with Gasteiger partial charge < -0.3 is 83.6 Å². The Hall–Kier alpha value is -7.71. The third-order valence-electron chi connectivity index (χ3n) is 23.1. The number of nitrogens with one attached hydrogen (secondary N) is 1. The van der Waals surface area contributed by atoms with E-state index in [0.717, 1.165) is 51.2 Å². The summed E-state index contributed by atoms with van der Waals surface area (Å²) in [5.74, 6) is -2.68. The summed E-state index contributed by atoms with van der Waals surface area (Å²) in [6.45, 7) is 8.32. The minimum absolute atomic E-state index is 0.00648. The predicted octanol–water partition coefficient (Wildman–Crippen LogP) is 9.71. The molecule has 0 bridgehead atoms. The second kappa shape index (κ2) is 42.8. The van der Waals surface area contributed by atoms with Crippen molar-refractivity contribution in [2.45, 2.75) is 130 Å². The van der Waals surface area contributed by atoms with Gasteiger partial charge in [-0.25, -0.2) is 49.5 Å². The molecule has 0 aromatic heterocycles. The number of hydroxylamine groups is 1. The van der Waals surface area contributed by atoms with Crippen LogP contribution in [0, 0.1) is 64.7 Å². The first kappa shape index (κ1) is 89.1. The van der Waals surface area contributed by atoms with Gasteiger partial charge >= 0.3 is 0 Å². The number of ketones is 1. The van der Waals surface area contributed by atoms with Gasteiger partial charge in [-0.1, -0.05) is 100 Å². The van der Waals surface area contributed by atoms with Crippen LogP contribution in [0.5, 0.6) is 0 Å². The van der Waals surface area contributed by atoms with Gasteiger partial charge in [-0.15, -0.1) is 0 Å². The van der Waals surface area contributed by atoms with Crippen molar-refractivity contribution in [1.29, 1.82) is 0 Å². The summed E-state index contributed by atoms with van der Waals surface area (Å²) < 4.78 is 176. The first-order valence-corrected chi connectivity index (χ1v) is 39.4. The van der Waals surface area contributed by atoms with Gasteiger partial charge in [0.05, 0.1) is 158 Å². The number of amidine groups is 1. The molecule has 14 aliphatic heterocycles. The van der Waals surface area contributed by atoms with Crippen LogP contribution in [-0.2, 0) is 93.7 Å². The molecule has 0 unspecified atom stereocenters. The maximum absolute atomic E-state index is 14.2. The summed E-state index contributed by atoms with van der Waals surface area (Å²) in [6.07, 6.45) is 9.16. The molecule has 0 aliphatic carbocycles. The molecule has 25 nitrogen and oxygen atoms in total. The molecular weight excluding hydrogens is 1540 g/mol. The van der Waals surface area contributed by atoms with E-state index in [1.807, 2.05) is 6.08 Å². The number of aliphatic hydroxyl groups is 2. The Kier molecular flexibility index (Phi) is 32.9. The van der Waals surface area contributed by atoms with Crippen LogP contribution in [0.25, 0.3) is 0 Å². The van der Waals surface area contributed by atoms with Crippen molar-refractivity contribution in [2.75, 3.05) is 146 Å². The number of benzene rings is 4. The molecule has 18 rings (SSSR count). The molecule has 4 aromatic rings. The van der Waals surface area contributed by atoms with Crippen molar-refractivity contribution in [2.24, 2.45) is 78.3 Å². The third-order valence-corrected chi connectivity index (χ3v) is 23.1. The van der Waals surface area contributed by atoms with Gasteiger partial charge in [0.1, 0.15) is 109 Å². The Morgan fingerprint density at radius 1 is 0.517 bits per heavy atom. The number of carbonyl (C=O) groups excluding carboxylic acids is 1. The average Bonchev–Trinajstić information content (AvgIpc) is 1.43. The number of hydrogen-bond acceptors (Lipinski definition) is 25. The molecule has 14 heterocycles. The van der Waals surface area contributed by atoms with Crippen LogP contribution in [0.3, 0.4) is 0 Å². The van der Waals surface area contributed by atoms with Gasteiger partial charge in [-0.05, 0) is 43.5 Å². The van der Waals surface area contributed by atoms with E-state index >= 15 is 0 Å². The van der Waals surface area contributed by atoms with E-state index in [1.165, 1.54) is 43.3 Å². The lowest BCUT2D eigenvalue weighted by atomic mass is 9.74. The summed E-state index contributed by atoms with van der Waals surface area (Å²) in [5.41, 5.74) is 11.8. The number of aliphatic imine (C=N–C) groups is 2. The molecule has 7 N–H and O–H groups in total. The summed E-state index contributed by atoms with van der Waals surface area (Å²) in [6, 6.07) is 24.3. The number of fused-ring (bicyclic) bond motifs is 6. The number of nitrogens with two attached hydrogens (primary N) is 2. The molecular formula is C82H105F9N8O17. The molecule has 638 valence electrons. The lowest BCUT2D eigenvalue weighted by molar-refractivity contribution is -0.111. The summed E-state index contributed by atoms with van der Waals surface area (Å²) >= 11 is 0. The van der Waals surface area contributed by atoms with Gasteiger partial charge in [0.25, 0.3) is 6.02 Å². The van der Waals surface area contributed by atoms with E-state index < -0.39 is 90.8 Å². The fraction of sp³-hybridized carbons (Fsp3) is 0.610. The van der Waals surface area contributed by atoms with Crippen molar-refractivity contribution >= 4 is 34.8 Å². The number of rotatable bonds is 12. The molecule has 116 heavy (non-hydrogen) atoms. The first-order valence-electron chi connectivity index (χ1n) is 39.4. The number of aliphatic hydroxyl groups excluding tert-OH is 2. The van der Waals surface area contributed by atoms with Crippen molar-refractivity contribution < 1.29 is 121 Å². The normalized spacial score (nSPS) is 32.6. The van der Waals surface area contributed by atoms with Crippen molar-refractivity contribution in [3.8, 4) is 0 Å². The minimum Gasteiger partial charge on any atom is -0.477 e. The Labute approximate surface area is 667 Å². The second-order valence-corrected chi connectivity index (χ2v) is 30.1. The molecule has 8 saturated heterocycles. The lowest BCUT2D eigenvalue weighted by Gasteiger charge is -2.45. The number of oxime groups is 3. The Morgan fingerprint density at radius 2 is 0.983 bits per heavy atom. The number of Topliss-reactive ketones (excluding diaryl/α,β-unsaturated/α-hetero) is 1. The number of nitrogens with zero attached hydrogens (tertiary/aromatic N) is 5. The topological polar surface area (TPSA) is 313 Å². The van der Waals surface area contributed by atoms with Crippen LogP contribution in [0.2, 0.25) is 0 Å². The molecule has 0 spiro atoms. The van der Waals surface area contributed by atoms with Crippen LogP contribution in [0.15, 0.2) is 135 Å². The Bertz CT molecular complexity index is 3870. The largest absolute Gasteiger partial charge is 0.477 e. The predicted molar refractivity (Wildman–Crippen MR) is 407 cm³/mol. The maximum Gasteiger partial charge on any atom is 0.283 e. The van der Waals surface area contributed by atoms with Crippen LogP contribution in [0.4, 0.5) is 39.5 Å². The minimum atomic E-state index is -1.55. The van der Waals surface area contributed by atoms with Crippen LogP contribution < -0.4 is 16.9 Å². The van der Waals surface area contributed by atoms with Crippen LogP contribution in [-0.4, -0.2) is 233 Å². The molecule has 0 amide bonds. The van der Waals surface area contributed by atoms with Crippen molar-refractivity contribution in [3.05, 3.63) is 155 Å². The van der Waals surface area contributed by atoms with E-state index in [2.05, 4.69) is 37.0 Å². The molecule has 4 aromatic carbocycles. The zero-order chi connectivity index (χ0) is 82.2. The fourth-order valence-corrected chi connectivity index (χ4v) is 16.6. The fourth-order valence-electron chi connectivity index (χ4n) is 16.6.